The van der Waals surface area contributed by atoms with Crippen LogP contribution in [0.15, 0.2) is 6.20 Å². The van der Waals surface area contributed by atoms with Crippen LogP contribution in [0.2, 0.25) is 0 Å². The molecule has 0 aromatic carbocycles. The molecule has 0 bridgehead atoms. The Hall–Kier alpha value is -1.32. The van der Waals surface area contributed by atoms with Crippen molar-refractivity contribution in [1.82, 2.24) is 15.1 Å². The van der Waals surface area contributed by atoms with E-state index in [4.69, 9.17) is 0 Å². The van der Waals surface area contributed by atoms with Crippen molar-refractivity contribution in [1.29, 1.82) is 0 Å². The first-order valence-corrected chi connectivity index (χ1v) is 6.18. The number of hydrogen-bond donors (Lipinski definition) is 1. The molecule has 0 saturated heterocycles. The third-order valence-corrected chi connectivity index (χ3v) is 3.78. The molecule has 1 heterocycles. The first kappa shape index (κ1) is 12.1. The van der Waals surface area contributed by atoms with Crippen molar-refractivity contribution >= 4 is 5.91 Å². The molecule has 1 fully saturated rings. The predicted molar refractivity (Wildman–Crippen MR) is 66.8 cm³/mol. The van der Waals surface area contributed by atoms with E-state index in [1.54, 1.807) is 10.9 Å². The molecule has 4 heteroatoms. The van der Waals surface area contributed by atoms with Crippen molar-refractivity contribution in [2.45, 2.75) is 46.1 Å². The molecule has 1 unspecified atom stereocenters. The van der Waals surface area contributed by atoms with E-state index in [-0.39, 0.29) is 5.91 Å². The topological polar surface area (TPSA) is 46.9 Å². The molecule has 1 aromatic heterocycles. The van der Waals surface area contributed by atoms with Gasteiger partial charge in [0.2, 0.25) is 0 Å². The molecule has 0 aliphatic heterocycles. The minimum Gasteiger partial charge on any atom is -0.349 e. The van der Waals surface area contributed by atoms with E-state index in [2.05, 4.69) is 24.3 Å². The molecular formula is C13H21N3O. The maximum absolute atomic E-state index is 12.1. The summed E-state index contributed by atoms with van der Waals surface area (Å²) in [5, 5.41) is 7.21. The molecule has 17 heavy (non-hydrogen) atoms. The third kappa shape index (κ3) is 2.51. The maximum atomic E-state index is 12.1. The smallest absolute Gasteiger partial charge is 0.254 e. The fourth-order valence-electron chi connectivity index (χ4n) is 2.54. The number of nitrogens with zero attached hydrogens (tertiary/aromatic N) is 2. The van der Waals surface area contributed by atoms with Crippen molar-refractivity contribution < 1.29 is 4.79 Å². The highest BCUT2D eigenvalue weighted by Crippen LogP contribution is 2.36. The van der Waals surface area contributed by atoms with Gasteiger partial charge >= 0.3 is 0 Å². The SMILES string of the molecule is Cc1c(C(=O)NC2CCC(C)(C)C2)cnn1C. The molecule has 1 amide bonds. The standard InChI is InChI=1S/C13H21N3O/c1-9-11(8-14-16(9)4)12(17)15-10-5-6-13(2,3)7-10/h8,10H,5-7H2,1-4H3,(H,15,17). The van der Waals surface area contributed by atoms with Gasteiger partial charge in [0.1, 0.15) is 0 Å². The first-order valence-electron chi connectivity index (χ1n) is 6.18. The molecule has 94 valence electrons. The third-order valence-electron chi connectivity index (χ3n) is 3.78. The largest absolute Gasteiger partial charge is 0.349 e. The Labute approximate surface area is 102 Å². The van der Waals surface area contributed by atoms with Gasteiger partial charge in [0.05, 0.1) is 11.8 Å². The van der Waals surface area contributed by atoms with Crippen LogP contribution in [0.4, 0.5) is 0 Å². The highest BCUT2D eigenvalue weighted by Gasteiger charge is 2.32. The van der Waals surface area contributed by atoms with Crippen LogP contribution in [0.5, 0.6) is 0 Å². The van der Waals surface area contributed by atoms with E-state index in [0.29, 0.717) is 17.0 Å². The summed E-state index contributed by atoms with van der Waals surface area (Å²) in [5.74, 6) is 0.0123. The quantitative estimate of drug-likeness (QED) is 0.852. The van der Waals surface area contributed by atoms with Crippen LogP contribution < -0.4 is 5.32 Å². The zero-order chi connectivity index (χ0) is 12.6. The van der Waals surface area contributed by atoms with Gasteiger partial charge in [-0.25, -0.2) is 0 Å². The molecule has 0 radical (unpaired) electrons. The number of nitrogens with one attached hydrogen (secondary N) is 1. The minimum absolute atomic E-state index is 0.0123. The van der Waals surface area contributed by atoms with Crippen LogP contribution in [0.1, 0.15) is 49.2 Å². The minimum atomic E-state index is 0.0123. The van der Waals surface area contributed by atoms with Crippen LogP contribution >= 0.6 is 0 Å². The Kier molecular flexibility index (Phi) is 2.98. The predicted octanol–water partition coefficient (Wildman–Crippen LogP) is 2.04. The molecule has 1 atom stereocenters. The molecule has 1 aliphatic rings. The van der Waals surface area contributed by atoms with Gasteiger partial charge in [0.25, 0.3) is 5.91 Å². The summed E-state index contributed by atoms with van der Waals surface area (Å²) in [6, 6.07) is 0.317. The lowest BCUT2D eigenvalue weighted by molar-refractivity contribution is 0.0935. The van der Waals surface area contributed by atoms with Gasteiger partial charge in [-0.2, -0.15) is 5.10 Å². The first-order chi connectivity index (χ1) is 7.89. The number of hydrogen-bond acceptors (Lipinski definition) is 2. The van der Waals surface area contributed by atoms with E-state index >= 15 is 0 Å². The zero-order valence-electron chi connectivity index (χ0n) is 11.1. The molecular weight excluding hydrogens is 214 g/mol. The number of aromatic nitrogens is 2. The van der Waals surface area contributed by atoms with Crippen molar-refractivity contribution in [2.24, 2.45) is 12.5 Å². The normalized spacial score (nSPS) is 22.7. The Balaban J connectivity index is 2.01. The fraction of sp³-hybridized carbons (Fsp3) is 0.692. The van der Waals surface area contributed by atoms with Gasteiger partial charge in [0.15, 0.2) is 0 Å². The number of rotatable bonds is 2. The Morgan fingerprint density at radius 3 is 2.76 bits per heavy atom. The lowest BCUT2D eigenvalue weighted by Crippen LogP contribution is -2.33. The summed E-state index contributed by atoms with van der Waals surface area (Å²) in [4.78, 5) is 12.1. The summed E-state index contributed by atoms with van der Waals surface area (Å²) in [6.07, 6.45) is 4.98. The maximum Gasteiger partial charge on any atom is 0.254 e. The summed E-state index contributed by atoms with van der Waals surface area (Å²) in [7, 11) is 1.85. The zero-order valence-corrected chi connectivity index (χ0v) is 11.1. The van der Waals surface area contributed by atoms with Gasteiger partial charge < -0.3 is 5.32 Å². The van der Waals surface area contributed by atoms with Crippen LogP contribution in [-0.2, 0) is 7.05 Å². The number of amides is 1. The average molecular weight is 235 g/mol. The highest BCUT2D eigenvalue weighted by molar-refractivity contribution is 5.95. The monoisotopic (exact) mass is 235 g/mol. The van der Waals surface area contributed by atoms with Crippen LogP contribution in [0.25, 0.3) is 0 Å². The second-order valence-corrected chi connectivity index (χ2v) is 5.84. The molecule has 2 rings (SSSR count). The van der Waals surface area contributed by atoms with Crippen LogP contribution in [0.3, 0.4) is 0 Å². The van der Waals surface area contributed by atoms with Crippen molar-refractivity contribution in [3.05, 3.63) is 17.5 Å². The Bertz CT molecular complexity index is 434. The van der Waals surface area contributed by atoms with Gasteiger partial charge in [-0.1, -0.05) is 13.8 Å². The van der Waals surface area contributed by atoms with Crippen LogP contribution in [0, 0.1) is 12.3 Å². The van der Waals surface area contributed by atoms with Gasteiger partial charge in [0, 0.05) is 18.8 Å². The van der Waals surface area contributed by atoms with E-state index in [1.165, 1.54) is 6.42 Å². The number of aryl methyl sites for hydroxylation is 1. The average Bonchev–Trinajstić information content (AvgIpc) is 2.72. The Morgan fingerprint density at radius 1 is 1.59 bits per heavy atom. The van der Waals surface area contributed by atoms with Gasteiger partial charge in [-0.05, 0) is 31.6 Å². The van der Waals surface area contributed by atoms with E-state index in [0.717, 1.165) is 18.5 Å². The summed E-state index contributed by atoms with van der Waals surface area (Å²) in [6.45, 7) is 6.43. The molecule has 1 aliphatic carbocycles. The fourth-order valence-corrected chi connectivity index (χ4v) is 2.54. The van der Waals surface area contributed by atoms with Gasteiger partial charge in [-0.15, -0.1) is 0 Å². The second kappa shape index (κ2) is 4.17. The van der Waals surface area contributed by atoms with E-state index < -0.39 is 0 Å². The van der Waals surface area contributed by atoms with E-state index in [9.17, 15) is 4.79 Å². The summed E-state index contributed by atoms with van der Waals surface area (Å²) >= 11 is 0. The van der Waals surface area contributed by atoms with E-state index in [1.807, 2.05) is 14.0 Å². The number of carbonyl (C=O) groups is 1. The highest BCUT2D eigenvalue weighted by atomic mass is 16.1. The van der Waals surface area contributed by atoms with Crippen molar-refractivity contribution in [3.8, 4) is 0 Å². The molecule has 1 aromatic rings. The van der Waals surface area contributed by atoms with Crippen molar-refractivity contribution in [2.75, 3.05) is 0 Å². The van der Waals surface area contributed by atoms with Gasteiger partial charge in [-0.3, -0.25) is 9.48 Å². The lowest BCUT2D eigenvalue weighted by atomic mass is 9.92. The molecule has 4 nitrogen and oxygen atoms in total. The summed E-state index contributed by atoms with van der Waals surface area (Å²) < 4.78 is 1.73. The van der Waals surface area contributed by atoms with Crippen molar-refractivity contribution in [3.63, 3.8) is 0 Å². The van der Waals surface area contributed by atoms with Crippen LogP contribution in [-0.4, -0.2) is 21.7 Å². The second-order valence-electron chi connectivity index (χ2n) is 5.84. The lowest BCUT2D eigenvalue weighted by Gasteiger charge is -2.17. The molecule has 1 saturated carbocycles. The molecule has 0 spiro atoms. The summed E-state index contributed by atoms with van der Waals surface area (Å²) in [5.41, 5.74) is 1.97. The molecule has 1 N–H and O–H groups in total. The number of carbonyl (C=O) groups excluding carboxylic acids is 1. The Morgan fingerprint density at radius 2 is 2.29 bits per heavy atom.